The number of anilines is 1. The van der Waals surface area contributed by atoms with Crippen molar-refractivity contribution < 1.29 is 0 Å². The first-order valence-electron chi connectivity index (χ1n) is 6.14. The molecule has 3 N–H and O–H groups in total. The van der Waals surface area contributed by atoms with E-state index in [1.807, 2.05) is 20.0 Å². The minimum Gasteiger partial charge on any atom is -0.383 e. The summed E-state index contributed by atoms with van der Waals surface area (Å²) < 4.78 is 0. The third kappa shape index (κ3) is 2.87. The molecule has 0 spiro atoms. The molecule has 0 fully saturated rings. The van der Waals surface area contributed by atoms with Gasteiger partial charge in [-0.25, -0.2) is 4.98 Å². The van der Waals surface area contributed by atoms with Crippen LogP contribution in [0, 0.1) is 6.92 Å². The summed E-state index contributed by atoms with van der Waals surface area (Å²) in [6.45, 7) is 2.03. The fourth-order valence-electron chi connectivity index (χ4n) is 2.10. The first-order valence-corrected chi connectivity index (χ1v) is 6.14. The van der Waals surface area contributed by atoms with Crippen LogP contribution < -0.4 is 11.1 Å². The molecule has 0 aliphatic rings. The van der Waals surface area contributed by atoms with Crippen LogP contribution in [0.3, 0.4) is 0 Å². The van der Waals surface area contributed by atoms with Crippen molar-refractivity contribution in [2.45, 2.75) is 19.4 Å². The average molecular weight is 241 g/mol. The smallest absolute Gasteiger partial charge is 0.128 e. The maximum atomic E-state index is 5.97. The molecule has 1 heterocycles. The first-order chi connectivity index (χ1) is 8.70. The normalized spacial score (nSPS) is 12.3. The van der Waals surface area contributed by atoms with Crippen LogP contribution in [0.2, 0.25) is 0 Å². The van der Waals surface area contributed by atoms with Crippen molar-refractivity contribution >= 4 is 5.82 Å². The maximum absolute atomic E-state index is 5.97. The van der Waals surface area contributed by atoms with Crippen molar-refractivity contribution in [1.29, 1.82) is 0 Å². The molecule has 0 amide bonds. The summed E-state index contributed by atoms with van der Waals surface area (Å²) in [5.41, 5.74) is 9.46. The molecular formula is C15H19N3. The number of nitrogens with two attached hydrogens (primary N) is 1. The molecule has 1 aromatic carbocycles. The molecule has 1 atom stereocenters. The van der Waals surface area contributed by atoms with E-state index in [1.54, 1.807) is 6.20 Å². The largest absolute Gasteiger partial charge is 0.383 e. The van der Waals surface area contributed by atoms with Gasteiger partial charge in [0.15, 0.2) is 0 Å². The van der Waals surface area contributed by atoms with Gasteiger partial charge in [-0.2, -0.15) is 0 Å². The van der Waals surface area contributed by atoms with Gasteiger partial charge in [-0.1, -0.05) is 30.3 Å². The van der Waals surface area contributed by atoms with Crippen LogP contribution in [-0.2, 0) is 6.42 Å². The molecule has 0 aliphatic carbocycles. The van der Waals surface area contributed by atoms with Gasteiger partial charge in [0.25, 0.3) is 0 Å². The van der Waals surface area contributed by atoms with Crippen LogP contribution >= 0.6 is 0 Å². The topological polar surface area (TPSA) is 50.9 Å². The average Bonchev–Trinajstić information content (AvgIpc) is 2.40. The SMILES string of the molecule is CNC(Cc1ccccc1)c1cc(C)cnc1N. The summed E-state index contributed by atoms with van der Waals surface area (Å²) in [6, 6.07) is 12.7. The number of rotatable bonds is 4. The van der Waals surface area contributed by atoms with E-state index in [0.29, 0.717) is 5.82 Å². The minimum atomic E-state index is 0.194. The van der Waals surface area contributed by atoms with Crippen LogP contribution in [0.25, 0.3) is 0 Å². The summed E-state index contributed by atoms with van der Waals surface area (Å²) in [4.78, 5) is 4.23. The van der Waals surface area contributed by atoms with E-state index >= 15 is 0 Å². The fraction of sp³-hybridized carbons (Fsp3) is 0.267. The van der Waals surface area contributed by atoms with Gasteiger partial charge in [0.1, 0.15) is 5.82 Å². The second-order valence-corrected chi connectivity index (χ2v) is 4.52. The van der Waals surface area contributed by atoms with Crippen molar-refractivity contribution in [2.75, 3.05) is 12.8 Å². The zero-order chi connectivity index (χ0) is 13.0. The van der Waals surface area contributed by atoms with Crippen LogP contribution in [0.15, 0.2) is 42.6 Å². The number of pyridine rings is 1. The predicted octanol–water partition coefficient (Wildman–Crippen LogP) is 2.48. The third-order valence-electron chi connectivity index (χ3n) is 3.09. The molecule has 1 aromatic heterocycles. The van der Waals surface area contributed by atoms with E-state index < -0.39 is 0 Å². The lowest BCUT2D eigenvalue weighted by molar-refractivity contribution is 0.591. The molecule has 2 aromatic rings. The van der Waals surface area contributed by atoms with Crippen molar-refractivity contribution in [3.63, 3.8) is 0 Å². The molecule has 94 valence electrons. The Labute approximate surface area is 108 Å². The Hall–Kier alpha value is -1.87. The molecule has 1 unspecified atom stereocenters. The molecule has 3 heteroatoms. The molecule has 18 heavy (non-hydrogen) atoms. The van der Waals surface area contributed by atoms with Gasteiger partial charge in [-0.05, 0) is 37.6 Å². The first kappa shape index (κ1) is 12.6. The van der Waals surface area contributed by atoms with Crippen LogP contribution in [0.1, 0.15) is 22.7 Å². The summed E-state index contributed by atoms with van der Waals surface area (Å²) >= 11 is 0. The molecule has 0 radical (unpaired) electrons. The van der Waals surface area contributed by atoms with Gasteiger partial charge in [-0.15, -0.1) is 0 Å². The molecule has 3 nitrogen and oxygen atoms in total. The number of likely N-dealkylation sites (N-methyl/N-ethyl adjacent to an activating group) is 1. The molecule has 2 rings (SSSR count). The highest BCUT2D eigenvalue weighted by Gasteiger charge is 2.14. The van der Waals surface area contributed by atoms with E-state index in [9.17, 15) is 0 Å². The Morgan fingerprint density at radius 1 is 1.28 bits per heavy atom. The highest BCUT2D eigenvalue weighted by Crippen LogP contribution is 2.23. The number of nitrogen functional groups attached to an aromatic ring is 1. The molecule has 0 saturated carbocycles. The van der Waals surface area contributed by atoms with Crippen LogP contribution in [0.5, 0.6) is 0 Å². The zero-order valence-electron chi connectivity index (χ0n) is 10.9. The number of nitrogens with zero attached hydrogens (tertiary/aromatic N) is 1. The maximum Gasteiger partial charge on any atom is 0.128 e. The van der Waals surface area contributed by atoms with Gasteiger partial charge in [0.05, 0.1) is 0 Å². The van der Waals surface area contributed by atoms with Gasteiger partial charge < -0.3 is 11.1 Å². The quantitative estimate of drug-likeness (QED) is 0.864. The Morgan fingerprint density at radius 3 is 2.67 bits per heavy atom. The standard InChI is InChI=1S/C15H19N3/c1-11-8-13(15(16)18-10-11)14(17-2)9-12-6-4-3-5-7-12/h3-8,10,14,17H,9H2,1-2H3,(H2,16,18). The lowest BCUT2D eigenvalue weighted by atomic mass is 9.98. The summed E-state index contributed by atoms with van der Waals surface area (Å²) in [5.74, 6) is 0.607. The Bertz CT molecular complexity index is 508. The van der Waals surface area contributed by atoms with Crippen molar-refractivity contribution in [1.82, 2.24) is 10.3 Å². The van der Waals surface area contributed by atoms with Crippen molar-refractivity contribution in [3.8, 4) is 0 Å². The van der Waals surface area contributed by atoms with Gasteiger partial charge >= 0.3 is 0 Å². The van der Waals surface area contributed by atoms with Gasteiger partial charge in [0, 0.05) is 17.8 Å². The van der Waals surface area contributed by atoms with E-state index in [4.69, 9.17) is 5.73 Å². The minimum absolute atomic E-state index is 0.194. The van der Waals surface area contributed by atoms with E-state index in [2.05, 4.69) is 40.6 Å². The monoisotopic (exact) mass is 241 g/mol. The van der Waals surface area contributed by atoms with Crippen molar-refractivity contribution in [2.24, 2.45) is 0 Å². The molecule has 0 aliphatic heterocycles. The predicted molar refractivity (Wildman–Crippen MR) is 75.3 cm³/mol. The summed E-state index contributed by atoms with van der Waals surface area (Å²) in [7, 11) is 1.95. The molecular weight excluding hydrogens is 222 g/mol. The second-order valence-electron chi connectivity index (χ2n) is 4.52. The zero-order valence-corrected chi connectivity index (χ0v) is 10.9. The number of benzene rings is 1. The number of aromatic nitrogens is 1. The Morgan fingerprint density at radius 2 is 2.00 bits per heavy atom. The number of hydrogen-bond donors (Lipinski definition) is 2. The molecule has 0 saturated heterocycles. The van der Waals surface area contributed by atoms with Crippen LogP contribution in [0.4, 0.5) is 5.82 Å². The number of aryl methyl sites for hydroxylation is 1. The van der Waals surface area contributed by atoms with Gasteiger partial charge in [-0.3, -0.25) is 0 Å². The van der Waals surface area contributed by atoms with E-state index in [-0.39, 0.29) is 6.04 Å². The van der Waals surface area contributed by atoms with E-state index in [0.717, 1.165) is 17.5 Å². The number of nitrogens with one attached hydrogen (secondary N) is 1. The number of hydrogen-bond acceptors (Lipinski definition) is 3. The molecule has 0 bridgehead atoms. The summed E-state index contributed by atoms with van der Waals surface area (Å²) in [6.07, 6.45) is 2.71. The highest BCUT2D eigenvalue weighted by atomic mass is 14.9. The Balaban J connectivity index is 2.26. The van der Waals surface area contributed by atoms with E-state index in [1.165, 1.54) is 5.56 Å². The van der Waals surface area contributed by atoms with Crippen molar-refractivity contribution in [3.05, 3.63) is 59.3 Å². The fourth-order valence-corrected chi connectivity index (χ4v) is 2.10. The Kier molecular flexibility index (Phi) is 3.95. The van der Waals surface area contributed by atoms with Gasteiger partial charge in [0.2, 0.25) is 0 Å². The summed E-state index contributed by atoms with van der Waals surface area (Å²) in [5, 5.41) is 3.31. The third-order valence-corrected chi connectivity index (χ3v) is 3.09. The second kappa shape index (κ2) is 5.65. The lowest BCUT2D eigenvalue weighted by Crippen LogP contribution is -2.20. The highest BCUT2D eigenvalue weighted by molar-refractivity contribution is 5.43. The van der Waals surface area contributed by atoms with Crippen LogP contribution in [-0.4, -0.2) is 12.0 Å². The lowest BCUT2D eigenvalue weighted by Gasteiger charge is -2.18.